The van der Waals surface area contributed by atoms with Gasteiger partial charge in [-0.25, -0.2) is 4.79 Å². The van der Waals surface area contributed by atoms with Gasteiger partial charge < -0.3 is 4.74 Å². The smallest absolute Gasteiger partial charge is 0.330 e. The molecule has 0 saturated heterocycles. The third-order valence-corrected chi connectivity index (χ3v) is 4.85. The molecule has 0 radical (unpaired) electrons. The number of rotatable bonds is 6. The van der Waals surface area contributed by atoms with Gasteiger partial charge in [-0.3, -0.25) is 0 Å². The third kappa shape index (κ3) is 6.41. The molecule has 1 aromatic rings. The Morgan fingerprint density at radius 3 is 2.35 bits per heavy atom. The largest absolute Gasteiger partial charge is 0.463 e. The Bertz CT molecular complexity index is 670. The average molecular weight is 330 g/mol. The minimum absolute atomic E-state index is 0.297. The van der Waals surface area contributed by atoms with Crippen LogP contribution in [0.4, 0.5) is 0 Å². The van der Waals surface area contributed by atoms with Crippen molar-refractivity contribution in [2.45, 2.75) is 41.5 Å². The van der Waals surface area contributed by atoms with Gasteiger partial charge in [0.2, 0.25) is 0 Å². The monoisotopic (exact) mass is 330 g/mol. The average Bonchev–Trinajstić information content (AvgIpc) is 2.72. The molecule has 1 aromatic heterocycles. The van der Waals surface area contributed by atoms with E-state index in [0.29, 0.717) is 6.61 Å². The standard InChI is InChI=1S/C20H26O2S/c1-7-22-20(21)13-15(3)10-8-9-14(2)11-12-19-17(5)16(4)18(6)23-19/h8-13H,7H2,1-6H3/b10-8+,12-11+,14-9+,15-13+. The normalized spacial score (nSPS) is 13.3. The van der Waals surface area contributed by atoms with Gasteiger partial charge in [-0.2, -0.15) is 0 Å². The molecule has 0 bridgehead atoms. The number of thiophene rings is 1. The minimum Gasteiger partial charge on any atom is -0.463 e. The molecule has 0 spiro atoms. The van der Waals surface area contributed by atoms with Crippen molar-refractivity contribution >= 4 is 23.4 Å². The first-order valence-corrected chi connectivity index (χ1v) is 8.61. The fourth-order valence-electron chi connectivity index (χ4n) is 1.96. The Balaban J connectivity index is 2.70. The summed E-state index contributed by atoms with van der Waals surface area (Å²) in [6.45, 7) is 12.6. The third-order valence-electron chi connectivity index (χ3n) is 3.57. The zero-order valence-corrected chi connectivity index (χ0v) is 15.7. The van der Waals surface area contributed by atoms with E-state index in [0.717, 1.165) is 11.1 Å². The van der Waals surface area contributed by atoms with Crippen molar-refractivity contribution in [1.82, 2.24) is 0 Å². The highest BCUT2D eigenvalue weighted by molar-refractivity contribution is 7.13. The summed E-state index contributed by atoms with van der Waals surface area (Å²) in [5.74, 6) is -0.297. The number of ether oxygens (including phenoxy) is 1. The van der Waals surface area contributed by atoms with E-state index in [1.807, 2.05) is 36.5 Å². The van der Waals surface area contributed by atoms with Crippen molar-refractivity contribution in [3.8, 4) is 0 Å². The van der Waals surface area contributed by atoms with E-state index in [1.54, 1.807) is 6.92 Å². The highest BCUT2D eigenvalue weighted by Crippen LogP contribution is 2.27. The molecule has 0 amide bonds. The zero-order valence-electron chi connectivity index (χ0n) is 14.9. The number of hydrogen-bond acceptors (Lipinski definition) is 3. The first-order valence-electron chi connectivity index (χ1n) is 7.79. The van der Waals surface area contributed by atoms with Crippen molar-refractivity contribution in [3.05, 3.63) is 62.4 Å². The molecule has 0 fully saturated rings. The van der Waals surface area contributed by atoms with Gasteiger partial charge in [-0.1, -0.05) is 29.9 Å². The van der Waals surface area contributed by atoms with Crippen LogP contribution < -0.4 is 0 Å². The summed E-state index contributed by atoms with van der Waals surface area (Å²) in [7, 11) is 0. The van der Waals surface area contributed by atoms with E-state index < -0.39 is 0 Å². The van der Waals surface area contributed by atoms with Gasteiger partial charge in [0.05, 0.1) is 6.61 Å². The van der Waals surface area contributed by atoms with Crippen LogP contribution in [-0.4, -0.2) is 12.6 Å². The summed E-state index contributed by atoms with van der Waals surface area (Å²) in [6, 6.07) is 0. The van der Waals surface area contributed by atoms with Crippen molar-refractivity contribution in [3.63, 3.8) is 0 Å². The fraction of sp³-hybridized carbons (Fsp3) is 0.350. The zero-order chi connectivity index (χ0) is 17.4. The van der Waals surface area contributed by atoms with Gasteiger partial charge in [0.25, 0.3) is 0 Å². The maximum Gasteiger partial charge on any atom is 0.330 e. The summed E-state index contributed by atoms with van der Waals surface area (Å²) >= 11 is 1.83. The molecule has 0 saturated carbocycles. The summed E-state index contributed by atoms with van der Waals surface area (Å²) in [4.78, 5) is 14.0. The minimum atomic E-state index is -0.297. The van der Waals surface area contributed by atoms with Crippen LogP contribution in [0, 0.1) is 20.8 Å². The maximum absolute atomic E-state index is 11.3. The van der Waals surface area contributed by atoms with Gasteiger partial charge in [-0.15, -0.1) is 11.3 Å². The number of carbonyl (C=O) groups is 1. The second-order valence-corrected chi connectivity index (χ2v) is 6.77. The van der Waals surface area contributed by atoms with Crippen LogP contribution in [0.15, 0.2) is 41.5 Å². The lowest BCUT2D eigenvalue weighted by atomic mass is 10.1. The van der Waals surface area contributed by atoms with Crippen molar-refractivity contribution in [1.29, 1.82) is 0 Å². The van der Waals surface area contributed by atoms with Crippen LogP contribution in [0.25, 0.3) is 6.08 Å². The summed E-state index contributed by atoms with van der Waals surface area (Å²) in [5, 5.41) is 0. The molecule has 0 aliphatic rings. The highest BCUT2D eigenvalue weighted by atomic mass is 32.1. The van der Waals surface area contributed by atoms with Gasteiger partial charge in [0.1, 0.15) is 0 Å². The van der Waals surface area contributed by atoms with Crippen LogP contribution in [0.1, 0.15) is 41.7 Å². The Labute approximate surface area is 143 Å². The molecule has 3 heteroatoms. The number of allylic oxidation sites excluding steroid dienone is 6. The van der Waals surface area contributed by atoms with E-state index in [2.05, 4.69) is 39.8 Å². The van der Waals surface area contributed by atoms with Crippen LogP contribution in [0.2, 0.25) is 0 Å². The van der Waals surface area contributed by atoms with E-state index in [9.17, 15) is 4.79 Å². The van der Waals surface area contributed by atoms with Gasteiger partial charge >= 0.3 is 5.97 Å². The number of aryl methyl sites for hydroxylation is 1. The van der Waals surface area contributed by atoms with E-state index in [-0.39, 0.29) is 5.97 Å². The lowest BCUT2D eigenvalue weighted by Gasteiger charge is -1.96. The topological polar surface area (TPSA) is 26.3 Å². The predicted octanol–water partition coefficient (Wildman–Crippen LogP) is 5.70. The second-order valence-electron chi connectivity index (χ2n) is 5.52. The van der Waals surface area contributed by atoms with E-state index >= 15 is 0 Å². The molecule has 0 aliphatic heterocycles. The molecule has 0 unspecified atom stereocenters. The van der Waals surface area contributed by atoms with Gasteiger partial charge in [0, 0.05) is 15.8 Å². The Morgan fingerprint density at radius 1 is 1.09 bits per heavy atom. The summed E-state index contributed by atoms with van der Waals surface area (Å²) in [6.07, 6.45) is 11.7. The molecule has 0 aromatic carbocycles. The maximum atomic E-state index is 11.3. The number of esters is 1. The highest BCUT2D eigenvalue weighted by Gasteiger charge is 2.04. The molecule has 124 valence electrons. The van der Waals surface area contributed by atoms with Crippen molar-refractivity contribution < 1.29 is 9.53 Å². The van der Waals surface area contributed by atoms with Gasteiger partial charge in [-0.05, 0) is 64.3 Å². The Hall–Kier alpha value is -1.87. The van der Waals surface area contributed by atoms with E-state index in [1.165, 1.54) is 27.0 Å². The Morgan fingerprint density at radius 2 is 1.78 bits per heavy atom. The lowest BCUT2D eigenvalue weighted by molar-refractivity contribution is -0.137. The molecule has 0 N–H and O–H groups in total. The van der Waals surface area contributed by atoms with Crippen LogP contribution in [0.5, 0.6) is 0 Å². The molecule has 0 aliphatic carbocycles. The summed E-state index contributed by atoms with van der Waals surface area (Å²) < 4.78 is 4.88. The molecular weight excluding hydrogens is 304 g/mol. The molecule has 2 nitrogen and oxygen atoms in total. The first kappa shape index (κ1) is 19.2. The summed E-state index contributed by atoms with van der Waals surface area (Å²) in [5.41, 5.74) is 4.78. The predicted molar refractivity (Wildman–Crippen MR) is 101 cm³/mol. The number of carbonyl (C=O) groups excluding carboxylic acids is 1. The molecular formula is C20H26O2S. The van der Waals surface area contributed by atoms with Crippen LogP contribution in [0.3, 0.4) is 0 Å². The van der Waals surface area contributed by atoms with E-state index in [4.69, 9.17) is 4.74 Å². The molecule has 1 rings (SSSR count). The van der Waals surface area contributed by atoms with Crippen LogP contribution in [-0.2, 0) is 9.53 Å². The molecule has 0 atom stereocenters. The SMILES string of the molecule is CCOC(=O)/C=C(C)/C=C/C=C(C)/C=C/c1sc(C)c(C)c1C. The number of hydrogen-bond donors (Lipinski definition) is 0. The second kappa shape index (κ2) is 9.31. The molecule has 1 heterocycles. The Kier molecular flexibility index (Phi) is 7.76. The van der Waals surface area contributed by atoms with Crippen LogP contribution >= 0.6 is 11.3 Å². The molecule has 23 heavy (non-hydrogen) atoms. The van der Waals surface area contributed by atoms with Gasteiger partial charge in [0.15, 0.2) is 0 Å². The fourth-order valence-corrected chi connectivity index (χ4v) is 3.04. The van der Waals surface area contributed by atoms with Crippen molar-refractivity contribution in [2.75, 3.05) is 6.61 Å². The lowest BCUT2D eigenvalue weighted by Crippen LogP contribution is -1.99. The first-order chi connectivity index (χ1) is 10.8. The quantitative estimate of drug-likeness (QED) is 0.380. The van der Waals surface area contributed by atoms with Crippen molar-refractivity contribution in [2.24, 2.45) is 0 Å².